The molecule has 5 nitrogen and oxygen atoms in total. The van der Waals surface area contributed by atoms with Crippen LogP contribution in [0.4, 0.5) is 5.69 Å². The van der Waals surface area contributed by atoms with Crippen molar-refractivity contribution in [1.29, 1.82) is 0 Å². The van der Waals surface area contributed by atoms with E-state index in [1.54, 1.807) is 18.7 Å². The highest BCUT2D eigenvalue weighted by Crippen LogP contribution is 2.26. The largest absolute Gasteiger partial charge is 0.455 e. The molecule has 1 heterocycles. The number of hydrogen-bond acceptors (Lipinski definition) is 4. The van der Waals surface area contributed by atoms with Gasteiger partial charge in [0.25, 0.3) is 5.91 Å². The highest BCUT2D eigenvalue weighted by molar-refractivity contribution is 6.33. The number of ether oxygens (including phenoxy) is 1. The second kappa shape index (κ2) is 8.65. The van der Waals surface area contributed by atoms with Crippen molar-refractivity contribution >= 4 is 29.2 Å². The van der Waals surface area contributed by atoms with Crippen LogP contribution in [0.5, 0.6) is 0 Å². The van der Waals surface area contributed by atoms with Crippen LogP contribution in [-0.4, -0.2) is 49.6 Å². The molecule has 0 bridgehead atoms. The Morgan fingerprint density at radius 3 is 2.21 bits per heavy atom. The zero-order valence-corrected chi connectivity index (χ0v) is 17.0. The van der Waals surface area contributed by atoms with Crippen molar-refractivity contribution in [2.75, 3.05) is 37.7 Å². The lowest BCUT2D eigenvalue weighted by Gasteiger charge is -2.36. The maximum absolute atomic E-state index is 12.5. The molecular formula is C22H25ClN2O3. The number of halogens is 1. The Morgan fingerprint density at radius 2 is 1.57 bits per heavy atom. The van der Waals surface area contributed by atoms with Gasteiger partial charge in [-0.3, -0.25) is 9.59 Å². The predicted molar refractivity (Wildman–Crippen MR) is 111 cm³/mol. The minimum Gasteiger partial charge on any atom is -0.455 e. The molecule has 0 N–H and O–H groups in total. The van der Waals surface area contributed by atoms with Gasteiger partial charge in [0.2, 0.25) is 0 Å². The predicted octanol–water partition coefficient (Wildman–Crippen LogP) is 3.51. The summed E-state index contributed by atoms with van der Waals surface area (Å²) >= 11 is 6.25. The molecule has 28 heavy (non-hydrogen) atoms. The number of amides is 1. The number of anilines is 1. The fourth-order valence-corrected chi connectivity index (χ4v) is 3.53. The zero-order valence-electron chi connectivity index (χ0n) is 16.2. The average Bonchev–Trinajstić information content (AvgIpc) is 2.73. The second-order valence-corrected chi connectivity index (χ2v) is 7.79. The number of nitrogens with zero attached hydrogens (tertiary/aromatic N) is 2. The number of benzene rings is 2. The summed E-state index contributed by atoms with van der Waals surface area (Å²) in [6.45, 7) is 5.90. The van der Waals surface area contributed by atoms with Crippen molar-refractivity contribution in [3.05, 3.63) is 65.2 Å². The van der Waals surface area contributed by atoms with Gasteiger partial charge in [-0.25, -0.2) is 0 Å². The van der Waals surface area contributed by atoms with Gasteiger partial charge < -0.3 is 14.5 Å². The van der Waals surface area contributed by atoms with Gasteiger partial charge in [0.15, 0.2) is 6.61 Å². The van der Waals surface area contributed by atoms with Crippen LogP contribution in [0.15, 0.2) is 54.6 Å². The number of para-hydroxylation sites is 1. The number of esters is 1. The van der Waals surface area contributed by atoms with Crippen LogP contribution < -0.4 is 4.90 Å². The molecule has 6 heteroatoms. The van der Waals surface area contributed by atoms with Crippen molar-refractivity contribution in [1.82, 2.24) is 4.90 Å². The molecule has 0 unspecified atom stereocenters. The monoisotopic (exact) mass is 400 g/mol. The molecule has 1 amide bonds. The van der Waals surface area contributed by atoms with Crippen LogP contribution in [0.1, 0.15) is 19.4 Å². The lowest BCUT2D eigenvalue weighted by Crippen LogP contribution is -2.50. The quantitative estimate of drug-likeness (QED) is 0.721. The number of carbonyl (C=O) groups excluding carboxylic acids is 2. The topological polar surface area (TPSA) is 49.9 Å². The van der Waals surface area contributed by atoms with Crippen molar-refractivity contribution in [2.45, 2.75) is 19.3 Å². The third kappa shape index (κ3) is 4.47. The third-order valence-electron chi connectivity index (χ3n) is 5.16. The SMILES string of the molecule is CC(C)(C(=O)OCC(=O)N1CCN(c2ccccc2Cl)CC1)c1ccccc1. The molecule has 0 spiro atoms. The number of piperazine rings is 1. The average molecular weight is 401 g/mol. The van der Waals surface area contributed by atoms with Gasteiger partial charge in [0, 0.05) is 26.2 Å². The van der Waals surface area contributed by atoms with Crippen molar-refractivity contribution < 1.29 is 14.3 Å². The molecule has 3 rings (SSSR count). The molecule has 0 saturated carbocycles. The van der Waals surface area contributed by atoms with E-state index < -0.39 is 11.4 Å². The number of rotatable bonds is 5. The number of carbonyl (C=O) groups is 2. The highest BCUT2D eigenvalue weighted by atomic mass is 35.5. The molecule has 1 fully saturated rings. The minimum absolute atomic E-state index is 0.170. The maximum atomic E-state index is 12.5. The van der Waals surface area contributed by atoms with Gasteiger partial charge >= 0.3 is 5.97 Å². The summed E-state index contributed by atoms with van der Waals surface area (Å²) < 4.78 is 5.34. The van der Waals surface area contributed by atoms with E-state index in [-0.39, 0.29) is 12.5 Å². The standard InChI is InChI=1S/C22H25ClN2O3/c1-22(2,17-8-4-3-5-9-17)21(27)28-16-20(26)25-14-12-24(13-15-25)19-11-7-6-10-18(19)23/h3-11H,12-16H2,1-2H3. The van der Waals surface area contributed by atoms with Gasteiger partial charge in [0.1, 0.15) is 0 Å². The molecule has 0 radical (unpaired) electrons. The molecule has 1 aliphatic heterocycles. The normalized spacial score (nSPS) is 14.7. The summed E-state index contributed by atoms with van der Waals surface area (Å²) in [6.07, 6.45) is 0. The van der Waals surface area contributed by atoms with E-state index in [1.807, 2.05) is 54.6 Å². The van der Waals surface area contributed by atoms with Gasteiger partial charge in [-0.1, -0.05) is 54.1 Å². The van der Waals surface area contributed by atoms with E-state index in [4.69, 9.17) is 16.3 Å². The van der Waals surface area contributed by atoms with E-state index in [9.17, 15) is 9.59 Å². The summed E-state index contributed by atoms with van der Waals surface area (Å²) in [6, 6.07) is 17.1. The van der Waals surface area contributed by atoms with Gasteiger partial charge in [0.05, 0.1) is 16.1 Å². The van der Waals surface area contributed by atoms with Crippen molar-refractivity contribution in [2.24, 2.45) is 0 Å². The Morgan fingerprint density at radius 1 is 0.964 bits per heavy atom. The Kier molecular flexibility index (Phi) is 6.25. The van der Waals surface area contributed by atoms with E-state index in [1.165, 1.54) is 0 Å². The van der Waals surface area contributed by atoms with Crippen molar-refractivity contribution in [3.63, 3.8) is 0 Å². The smallest absolute Gasteiger partial charge is 0.316 e. The zero-order chi connectivity index (χ0) is 20.1. The maximum Gasteiger partial charge on any atom is 0.316 e. The lowest BCUT2D eigenvalue weighted by atomic mass is 9.85. The van der Waals surface area contributed by atoms with Crippen LogP contribution in [0, 0.1) is 0 Å². The molecule has 1 saturated heterocycles. The summed E-state index contributed by atoms with van der Waals surface area (Å²) in [7, 11) is 0. The Bertz CT molecular complexity index is 831. The molecule has 0 atom stereocenters. The first-order valence-corrected chi connectivity index (χ1v) is 9.77. The van der Waals surface area contributed by atoms with E-state index in [0.717, 1.165) is 11.3 Å². The first-order valence-electron chi connectivity index (χ1n) is 9.39. The van der Waals surface area contributed by atoms with Gasteiger partial charge in [-0.2, -0.15) is 0 Å². The summed E-state index contributed by atoms with van der Waals surface area (Å²) in [5, 5.41) is 0.708. The fraction of sp³-hybridized carbons (Fsp3) is 0.364. The van der Waals surface area contributed by atoms with Crippen LogP contribution >= 0.6 is 11.6 Å². The van der Waals surface area contributed by atoms with Crippen LogP contribution in [0.2, 0.25) is 5.02 Å². The van der Waals surface area contributed by atoms with E-state index in [2.05, 4.69) is 4.90 Å². The lowest BCUT2D eigenvalue weighted by molar-refractivity contribution is -0.156. The summed E-state index contributed by atoms with van der Waals surface area (Å²) in [5.74, 6) is -0.572. The summed E-state index contributed by atoms with van der Waals surface area (Å²) in [5.41, 5.74) is 1.04. The molecular weight excluding hydrogens is 376 g/mol. The van der Waals surface area contributed by atoms with Gasteiger partial charge in [-0.15, -0.1) is 0 Å². The number of hydrogen-bond donors (Lipinski definition) is 0. The van der Waals surface area contributed by atoms with E-state index in [0.29, 0.717) is 31.2 Å². The molecule has 0 aromatic heterocycles. The Labute approximate surface area is 170 Å². The first-order chi connectivity index (χ1) is 13.4. The minimum atomic E-state index is -0.801. The van der Waals surface area contributed by atoms with Crippen LogP contribution in [-0.2, 0) is 19.7 Å². The molecule has 1 aliphatic rings. The summed E-state index contributed by atoms with van der Waals surface area (Å²) in [4.78, 5) is 28.9. The Balaban J connectivity index is 1.51. The van der Waals surface area contributed by atoms with Crippen LogP contribution in [0.25, 0.3) is 0 Å². The highest BCUT2D eigenvalue weighted by Gasteiger charge is 2.32. The first kappa shape index (κ1) is 20.2. The fourth-order valence-electron chi connectivity index (χ4n) is 3.28. The van der Waals surface area contributed by atoms with Crippen molar-refractivity contribution in [3.8, 4) is 0 Å². The van der Waals surface area contributed by atoms with Crippen LogP contribution in [0.3, 0.4) is 0 Å². The van der Waals surface area contributed by atoms with Gasteiger partial charge in [-0.05, 0) is 31.5 Å². The van der Waals surface area contributed by atoms with E-state index >= 15 is 0 Å². The Hall–Kier alpha value is -2.53. The molecule has 2 aromatic rings. The molecule has 2 aromatic carbocycles. The molecule has 0 aliphatic carbocycles. The molecule has 148 valence electrons. The third-order valence-corrected chi connectivity index (χ3v) is 5.48. The second-order valence-electron chi connectivity index (χ2n) is 7.39.